The average molecular weight is 617 g/mol. The van der Waals surface area contributed by atoms with Gasteiger partial charge in [-0.2, -0.15) is 0 Å². The van der Waals surface area contributed by atoms with Crippen LogP contribution in [0, 0.1) is 17.8 Å². The zero-order chi connectivity index (χ0) is 31.8. The molecule has 4 saturated carbocycles. The highest BCUT2D eigenvalue weighted by atomic mass is 16.5. The van der Waals surface area contributed by atoms with E-state index < -0.39 is 17.8 Å². The van der Waals surface area contributed by atoms with Crippen LogP contribution in [0.25, 0.3) is 6.08 Å². The topological polar surface area (TPSA) is 84.9 Å². The summed E-state index contributed by atoms with van der Waals surface area (Å²) in [5, 5.41) is 2.37. The molecule has 5 aliphatic rings. The lowest BCUT2D eigenvalue weighted by Gasteiger charge is -2.57. The van der Waals surface area contributed by atoms with Gasteiger partial charge >= 0.3 is 6.03 Å². The molecule has 1 N–H and O–H groups in total. The van der Waals surface area contributed by atoms with Gasteiger partial charge in [0.05, 0.1) is 12.3 Å². The zero-order valence-corrected chi connectivity index (χ0v) is 26.3. The number of urea groups is 1. The van der Waals surface area contributed by atoms with Gasteiger partial charge in [-0.15, -0.1) is 6.58 Å². The van der Waals surface area contributed by atoms with Crippen LogP contribution >= 0.6 is 0 Å². The Balaban J connectivity index is 1.17. The molecule has 3 aromatic rings. The Kier molecular flexibility index (Phi) is 8.01. The molecule has 1 aliphatic heterocycles. The number of nitrogens with one attached hydrogen (secondary N) is 1. The van der Waals surface area contributed by atoms with E-state index in [-0.39, 0.29) is 11.0 Å². The number of nitrogens with zero attached hydrogens (tertiary/aromatic N) is 1. The molecule has 1 heterocycles. The number of benzene rings is 3. The molecule has 4 bridgehead atoms. The minimum atomic E-state index is -0.748. The van der Waals surface area contributed by atoms with Gasteiger partial charge in [0.25, 0.3) is 11.8 Å². The van der Waals surface area contributed by atoms with Crippen molar-refractivity contribution in [1.29, 1.82) is 0 Å². The van der Waals surface area contributed by atoms with E-state index in [1.165, 1.54) is 50.2 Å². The number of imide groups is 2. The van der Waals surface area contributed by atoms with E-state index in [9.17, 15) is 14.4 Å². The lowest BCUT2D eigenvalue weighted by atomic mass is 9.48. The Morgan fingerprint density at radius 1 is 0.913 bits per heavy atom. The maximum atomic E-state index is 13.8. The number of ether oxygens (including phenoxy) is 2. The van der Waals surface area contributed by atoms with Gasteiger partial charge in [0.2, 0.25) is 0 Å². The summed E-state index contributed by atoms with van der Waals surface area (Å²) in [6.45, 7) is 6.53. The number of carbonyl (C=O) groups excluding carboxylic acids is 3. The summed E-state index contributed by atoms with van der Waals surface area (Å²) in [7, 11) is 0. The van der Waals surface area contributed by atoms with Gasteiger partial charge in [-0.05, 0) is 122 Å². The molecule has 0 aromatic heterocycles. The van der Waals surface area contributed by atoms with E-state index >= 15 is 0 Å². The Morgan fingerprint density at radius 3 is 2.22 bits per heavy atom. The average Bonchev–Trinajstić information content (AvgIpc) is 3.03. The summed E-state index contributed by atoms with van der Waals surface area (Å²) in [5.74, 6) is 2.15. The van der Waals surface area contributed by atoms with Crippen molar-refractivity contribution in [2.24, 2.45) is 17.8 Å². The first-order chi connectivity index (χ1) is 22.4. The molecule has 0 spiro atoms. The minimum absolute atomic E-state index is 0.130. The van der Waals surface area contributed by atoms with Crippen molar-refractivity contribution in [2.45, 2.75) is 63.9 Å². The van der Waals surface area contributed by atoms with Crippen LogP contribution in [0.3, 0.4) is 0 Å². The molecule has 3 aromatic carbocycles. The van der Waals surface area contributed by atoms with Crippen LogP contribution in [0.4, 0.5) is 10.5 Å². The van der Waals surface area contributed by atoms with Gasteiger partial charge in [0, 0.05) is 5.56 Å². The second-order valence-corrected chi connectivity index (χ2v) is 13.4. The molecule has 0 atom stereocenters. The number of allylic oxidation sites excluding steroid dienone is 1. The van der Waals surface area contributed by atoms with E-state index in [0.29, 0.717) is 42.4 Å². The van der Waals surface area contributed by atoms with Crippen LogP contribution in [0.5, 0.6) is 11.5 Å². The lowest BCUT2D eigenvalue weighted by Crippen LogP contribution is -2.54. The third-order valence-corrected chi connectivity index (χ3v) is 10.2. The Bertz CT molecular complexity index is 1670. The molecule has 4 amide bonds. The third kappa shape index (κ3) is 5.63. The Morgan fingerprint density at radius 2 is 1.59 bits per heavy atom. The summed E-state index contributed by atoms with van der Waals surface area (Å²) in [4.78, 5) is 40.9. The number of hydrogen-bond acceptors (Lipinski definition) is 5. The highest BCUT2D eigenvalue weighted by molar-refractivity contribution is 6.39. The largest absolute Gasteiger partial charge is 0.490 e. The Labute approximate surface area is 270 Å². The van der Waals surface area contributed by atoms with Gasteiger partial charge < -0.3 is 9.47 Å². The SMILES string of the molecule is C=CCc1cc(/C=C2\C(=O)NC(=O)N(c3ccc(C45CC6CC(CC(C6)C4)C5)cc3)C2=O)cc(OCC)c1OCc1ccccc1. The van der Waals surface area contributed by atoms with Crippen molar-refractivity contribution >= 4 is 29.6 Å². The summed E-state index contributed by atoms with van der Waals surface area (Å²) in [6, 6.07) is 20.6. The molecule has 7 nitrogen and oxygen atoms in total. The van der Waals surface area contributed by atoms with Gasteiger partial charge in [-0.1, -0.05) is 48.5 Å². The number of barbiturate groups is 1. The number of anilines is 1. The molecule has 46 heavy (non-hydrogen) atoms. The third-order valence-electron chi connectivity index (χ3n) is 10.2. The molecule has 4 aliphatic carbocycles. The first kappa shape index (κ1) is 30.0. The van der Waals surface area contributed by atoms with Crippen LogP contribution in [-0.2, 0) is 28.0 Å². The van der Waals surface area contributed by atoms with Crippen molar-refractivity contribution < 1.29 is 23.9 Å². The molecule has 0 radical (unpaired) electrons. The number of hydrogen-bond donors (Lipinski definition) is 1. The van der Waals surface area contributed by atoms with E-state index in [1.807, 2.05) is 55.5 Å². The quantitative estimate of drug-likeness (QED) is 0.145. The maximum Gasteiger partial charge on any atom is 0.335 e. The summed E-state index contributed by atoms with van der Waals surface area (Å²) < 4.78 is 12.2. The second-order valence-electron chi connectivity index (χ2n) is 13.4. The van der Waals surface area contributed by atoms with E-state index in [1.54, 1.807) is 12.1 Å². The van der Waals surface area contributed by atoms with Crippen LogP contribution in [0.2, 0.25) is 0 Å². The standard InChI is InChI=1S/C39H40N2O5/c1-3-8-30-18-26(20-34(45-4-2)35(30)46-24-25-9-6-5-7-10-25)19-33-36(42)40-38(44)41(37(33)43)32-13-11-31(12-14-32)39-21-27-15-28(22-39)17-29(16-27)23-39/h3,5-7,9-14,18-20,27-29H,1,4,8,15-17,21-24H2,2H3,(H,40,42,44)/b33-19+. The van der Waals surface area contributed by atoms with Crippen molar-refractivity contribution in [3.8, 4) is 11.5 Å². The number of amides is 4. The van der Waals surface area contributed by atoms with Gasteiger partial charge in [-0.3, -0.25) is 14.9 Å². The first-order valence-electron chi connectivity index (χ1n) is 16.4. The highest BCUT2D eigenvalue weighted by Gasteiger charge is 2.51. The zero-order valence-electron chi connectivity index (χ0n) is 26.3. The van der Waals surface area contributed by atoms with E-state index in [4.69, 9.17) is 9.47 Å². The molecule has 5 fully saturated rings. The minimum Gasteiger partial charge on any atom is -0.490 e. The lowest BCUT2D eigenvalue weighted by molar-refractivity contribution is -0.122. The molecule has 236 valence electrons. The summed E-state index contributed by atoms with van der Waals surface area (Å²) in [5.41, 5.74) is 4.23. The van der Waals surface area contributed by atoms with Crippen LogP contribution < -0.4 is 19.7 Å². The van der Waals surface area contributed by atoms with Crippen LogP contribution in [0.15, 0.2) is 85.0 Å². The fourth-order valence-corrected chi connectivity index (χ4v) is 8.72. The van der Waals surface area contributed by atoms with Crippen LogP contribution in [0.1, 0.15) is 67.7 Å². The molecular formula is C39H40N2O5. The predicted molar refractivity (Wildman–Crippen MR) is 178 cm³/mol. The van der Waals surface area contributed by atoms with Crippen molar-refractivity contribution in [2.75, 3.05) is 11.5 Å². The van der Waals surface area contributed by atoms with Crippen molar-refractivity contribution in [3.63, 3.8) is 0 Å². The van der Waals surface area contributed by atoms with Gasteiger partial charge in [0.1, 0.15) is 12.2 Å². The fourth-order valence-electron chi connectivity index (χ4n) is 8.72. The normalized spacial score (nSPS) is 25.9. The molecular weight excluding hydrogens is 576 g/mol. The predicted octanol–water partition coefficient (Wildman–Crippen LogP) is 7.53. The molecule has 0 unspecified atom stereocenters. The smallest absolute Gasteiger partial charge is 0.335 e. The van der Waals surface area contributed by atoms with Gasteiger partial charge in [-0.25, -0.2) is 9.69 Å². The maximum absolute atomic E-state index is 13.8. The molecule has 7 heteroatoms. The molecule has 1 saturated heterocycles. The van der Waals surface area contributed by atoms with Crippen molar-refractivity contribution in [3.05, 3.63) is 107 Å². The monoisotopic (exact) mass is 616 g/mol. The van der Waals surface area contributed by atoms with Crippen LogP contribution in [-0.4, -0.2) is 24.5 Å². The number of carbonyl (C=O) groups is 3. The fraction of sp³-hybridized carbons (Fsp3) is 0.359. The summed E-state index contributed by atoms with van der Waals surface area (Å²) >= 11 is 0. The van der Waals surface area contributed by atoms with Gasteiger partial charge in [0.15, 0.2) is 11.5 Å². The number of rotatable bonds is 10. The molecule has 8 rings (SSSR count). The van der Waals surface area contributed by atoms with Crippen molar-refractivity contribution in [1.82, 2.24) is 5.32 Å². The first-order valence-corrected chi connectivity index (χ1v) is 16.4. The second kappa shape index (κ2) is 12.3. The summed E-state index contributed by atoms with van der Waals surface area (Å²) in [6.07, 6.45) is 11.6. The highest BCUT2D eigenvalue weighted by Crippen LogP contribution is 2.60. The van der Waals surface area contributed by atoms with E-state index in [0.717, 1.165) is 33.8 Å². The van der Waals surface area contributed by atoms with E-state index in [2.05, 4.69) is 24.0 Å². The Hall–Kier alpha value is -4.65.